The minimum absolute atomic E-state index is 0.103. The molecule has 5 nitrogen and oxygen atoms in total. The van der Waals surface area contributed by atoms with Crippen LogP contribution in [0.2, 0.25) is 5.02 Å². The third kappa shape index (κ3) is 4.49. The number of azo groups is 1. The van der Waals surface area contributed by atoms with Crippen LogP contribution in [0.5, 0.6) is 0 Å². The number of carbonyl (C=O) groups is 2. The van der Waals surface area contributed by atoms with Gasteiger partial charge in [-0.3, -0.25) is 9.59 Å². The highest BCUT2D eigenvalue weighted by Crippen LogP contribution is 2.34. The number of hydrogen-bond donors (Lipinski definition) is 1. The van der Waals surface area contributed by atoms with Gasteiger partial charge in [0.2, 0.25) is 0 Å². The van der Waals surface area contributed by atoms with Gasteiger partial charge in [-0.25, -0.2) is 0 Å². The van der Waals surface area contributed by atoms with E-state index >= 15 is 0 Å². The van der Waals surface area contributed by atoms with Crippen LogP contribution in [0.1, 0.15) is 41.6 Å². The van der Waals surface area contributed by atoms with E-state index in [4.69, 9.17) is 11.6 Å². The van der Waals surface area contributed by atoms with E-state index in [0.717, 1.165) is 46.9 Å². The van der Waals surface area contributed by atoms with Crippen LogP contribution in [0.15, 0.2) is 68.3 Å². The molecular weight excluding hydrogens is 454 g/mol. The van der Waals surface area contributed by atoms with Gasteiger partial charge >= 0.3 is 0 Å². The minimum atomic E-state index is -0.270. The average molecular weight is 473 g/mol. The molecule has 148 valence electrons. The van der Waals surface area contributed by atoms with Crippen molar-refractivity contribution in [2.45, 2.75) is 38.1 Å². The van der Waals surface area contributed by atoms with Crippen molar-refractivity contribution in [2.75, 3.05) is 5.32 Å². The highest BCUT2D eigenvalue weighted by Gasteiger charge is 2.28. The molecule has 4 rings (SSSR count). The number of anilines is 1. The first kappa shape index (κ1) is 20.0. The first-order chi connectivity index (χ1) is 14.0. The molecular formula is C22H19BrClN3O2. The maximum Gasteiger partial charge on any atom is 0.291 e. The molecule has 2 aromatic rings. The zero-order valence-electron chi connectivity index (χ0n) is 15.6. The molecule has 0 spiro atoms. The molecule has 0 aromatic heterocycles. The lowest BCUT2D eigenvalue weighted by Crippen LogP contribution is -2.23. The standard InChI is InChI=1S/C22H19BrClN3O2/c23-14-8-9-19(24)18(12-14)21(28)25-15-5-3-4-13(10-15)11-20-16-6-1-2-7-17(16)22(29)27-26-20/h3-5,8-10,12,20H,1-2,6-7,11H2,(H,25,28). The minimum Gasteiger partial charge on any atom is -0.322 e. The number of rotatable bonds is 4. The summed E-state index contributed by atoms with van der Waals surface area (Å²) in [5.41, 5.74) is 4.10. The Morgan fingerprint density at radius 2 is 2.00 bits per heavy atom. The monoisotopic (exact) mass is 471 g/mol. The van der Waals surface area contributed by atoms with Gasteiger partial charge in [-0.05, 0) is 67.2 Å². The smallest absolute Gasteiger partial charge is 0.291 e. The van der Waals surface area contributed by atoms with Gasteiger partial charge in [0.05, 0.1) is 16.6 Å². The number of nitrogens with zero attached hydrogens (tertiary/aromatic N) is 2. The Balaban J connectivity index is 1.51. The summed E-state index contributed by atoms with van der Waals surface area (Å²) in [5, 5.41) is 11.4. The van der Waals surface area contributed by atoms with Crippen molar-refractivity contribution in [3.05, 3.63) is 74.2 Å². The lowest BCUT2D eigenvalue weighted by molar-refractivity contribution is -0.115. The molecule has 2 amide bonds. The van der Waals surface area contributed by atoms with E-state index in [9.17, 15) is 9.59 Å². The van der Waals surface area contributed by atoms with Crippen molar-refractivity contribution in [1.82, 2.24) is 0 Å². The van der Waals surface area contributed by atoms with Crippen LogP contribution in [0.3, 0.4) is 0 Å². The van der Waals surface area contributed by atoms with Crippen molar-refractivity contribution < 1.29 is 9.59 Å². The number of nitrogens with one attached hydrogen (secondary N) is 1. The van der Waals surface area contributed by atoms with E-state index in [-0.39, 0.29) is 17.9 Å². The molecule has 1 aliphatic heterocycles. The molecule has 7 heteroatoms. The fraction of sp³-hybridized carbons (Fsp3) is 0.273. The van der Waals surface area contributed by atoms with Gasteiger partial charge in [-0.2, -0.15) is 5.11 Å². The Morgan fingerprint density at radius 1 is 1.17 bits per heavy atom. The first-order valence-electron chi connectivity index (χ1n) is 9.54. The zero-order valence-corrected chi connectivity index (χ0v) is 18.0. The predicted molar refractivity (Wildman–Crippen MR) is 116 cm³/mol. The lowest BCUT2D eigenvalue weighted by Gasteiger charge is -2.25. The van der Waals surface area contributed by atoms with Crippen molar-refractivity contribution in [3.63, 3.8) is 0 Å². The summed E-state index contributed by atoms with van der Waals surface area (Å²) in [5.74, 6) is -0.448. The van der Waals surface area contributed by atoms with Crippen LogP contribution in [0.4, 0.5) is 5.69 Å². The molecule has 1 N–H and O–H groups in total. The van der Waals surface area contributed by atoms with Crippen LogP contribution in [0.25, 0.3) is 0 Å². The van der Waals surface area contributed by atoms with Gasteiger partial charge in [0, 0.05) is 22.2 Å². The highest BCUT2D eigenvalue weighted by atomic mass is 79.9. The Hall–Kier alpha value is -2.31. The van der Waals surface area contributed by atoms with E-state index in [0.29, 0.717) is 22.7 Å². The van der Waals surface area contributed by atoms with Crippen molar-refractivity contribution in [1.29, 1.82) is 0 Å². The number of carbonyl (C=O) groups excluding carboxylic acids is 2. The SMILES string of the molecule is O=C1N=NC(Cc2cccc(NC(=O)c3cc(Br)ccc3Cl)c2)C2=C1CCCC2. The molecule has 0 fully saturated rings. The fourth-order valence-electron chi connectivity index (χ4n) is 3.83. The molecule has 1 heterocycles. The Labute approximate surface area is 182 Å². The molecule has 29 heavy (non-hydrogen) atoms. The van der Waals surface area contributed by atoms with E-state index in [1.165, 1.54) is 0 Å². The maximum atomic E-state index is 12.6. The summed E-state index contributed by atoms with van der Waals surface area (Å²) in [6.45, 7) is 0. The number of halogens is 2. The van der Waals surface area contributed by atoms with Crippen LogP contribution < -0.4 is 5.32 Å². The van der Waals surface area contributed by atoms with E-state index < -0.39 is 0 Å². The molecule has 2 aliphatic rings. The van der Waals surface area contributed by atoms with Gasteiger partial charge in [0.1, 0.15) is 0 Å². The van der Waals surface area contributed by atoms with Crippen LogP contribution >= 0.6 is 27.5 Å². The zero-order chi connectivity index (χ0) is 20.4. The Bertz CT molecular complexity index is 1050. The number of amides is 2. The lowest BCUT2D eigenvalue weighted by atomic mass is 9.84. The second-order valence-corrected chi connectivity index (χ2v) is 8.55. The fourth-order valence-corrected chi connectivity index (χ4v) is 4.39. The summed E-state index contributed by atoms with van der Waals surface area (Å²) in [6, 6.07) is 12.7. The summed E-state index contributed by atoms with van der Waals surface area (Å²) >= 11 is 9.52. The third-order valence-corrected chi connectivity index (χ3v) is 6.07. The second-order valence-electron chi connectivity index (χ2n) is 7.23. The molecule has 2 aromatic carbocycles. The summed E-state index contributed by atoms with van der Waals surface area (Å²) in [7, 11) is 0. The molecule has 1 atom stereocenters. The van der Waals surface area contributed by atoms with Crippen molar-refractivity contribution >= 4 is 45.0 Å². The van der Waals surface area contributed by atoms with Gasteiger partial charge < -0.3 is 5.32 Å². The van der Waals surface area contributed by atoms with E-state index in [2.05, 4.69) is 31.5 Å². The van der Waals surface area contributed by atoms with Crippen LogP contribution in [-0.2, 0) is 11.2 Å². The molecule has 1 aliphatic carbocycles. The topological polar surface area (TPSA) is 70.9 Å². The van der Waals surface area contributed by atoms with Crippen LogP contribution in [0, 0.1) is 0 Å². The average Bonchev–Trinajstić information content (AvgIpc) is 2.72. The first-order valence-corrected chi connectivity index (χ1v) is 10.7. The normalized spacial score (nSPS) is 18.6. The van der Waals surface area contributed by atoms with Crippen LogP contribution in [-0.4, -0.2) is 17.9 Å². The Morgan fingerprint density at radius 3 is 2.86 bits per heavy atom. The van der Waals surface area contributed by atoms with Gasteiger partial charge in [-0.15, -0.1) is 5.11 Å². The van der Waals surface area contributed by atoms with Crippen molar-refractivity contribution in [3.8, 4) is 0 Å². The van der Waals surface area contributed by atoms with Gasteiger partial charge in [-0.1, -0.05) is 39.7 Å². The molecule has 0 saturated heterocycles. The third-order valence-electron chi connectivity index (χ3n) is 5.25. The van der Waals surface area contributed by atoms with Gasteiger partial charge in [0.25, 0.3) is 11.8 Å². The Kier molecular flexibility index (Phi) is 5.92. The van der Waals surface area contributed by atoms with Gasteiger partial charge in [0.15, 0.2) is 0 Å². The summed E-state index contributed by atoms with van der Waals surface area (Å²) in [4.78, 5) is 24.6. The summed E-state index contributed by atoms with van der Waals surface area (Å²) in [6.07, 6.45) is 4.47. The summed E-state index contributed by atoms with van der Waals surface area (Å²) < 4.78 is 0.787. The highest BCUT2D eigenvalue weighted by molar-refractivity contribution is 9.10. The van der Waals surface area contributed by atoms with Crippen molar-refractivity contribution in [2.24, 2.45) is 10.2 Å². The largest absolute Gasteiger partial charge is 0.322 e. The molecule has 1 unspecified atom stereocenters. The molecule has 0 radical (unpaired) electrons. The molecule has 0 saturated carbocycles. The quantitative estimate of drug-likeness (QED) is 0.581. The molecule has 0 bridgehead atoms. The maximum absolute atomic E-state index is 12.6. The number of hydrogen-bond acceptors (Lipinski definition) is 3. The van der Waals surface area contributed by atoms with E-state index in [1.807, 2.05) is 24.3 Å². The second kappa shape index (κ2) is 8.59. The number of benzene rings is 2. The predicted octanol–water partition coefficient (Wildman–Crippen LogP) is 6.13. The van der Waals surface area contributed by atoms with E-state index in [1.54, 1.807) is 18.2 Å².